The van der Waals surface area contributed by atoms with Crippen molar-refractivity contribution in [2.24, 2.45) is 0 Å². The van der Waals surface area contributed by atoms with Crippen LogP contribution in [0.15, 0.2) is 18.2 Å². The molecule has 5 nitrogen and oxygen atoms in total. The molecule has 110 valence electrons. The second-order valence-corrected chi connectivity index (χ2v) is 5.62. The summed E-state index contributed by atoms with van der Waals surface area (Å²) in [6.07, 6.45) is 0. The van der Waals surface area contributed by atoms with Crippen molar-refractivity contribution in [3.8, 4) is 22.9 Å². The summed E-state index contributed by atoms with van der Waals surface area (Å²) in [5.41, 5.74) is 3.25. The van der Waals surface area contributed by atoms with Gasteiger partial charge in [0.2, 0.25) is 0 Å². The maximum Gasteiger partial charge on any atom is 0.161 e. The number of thioether (sulfide) groups is 1. The lowest BCUT2D eigenvalue weighted by Crippen LogP contribution is -2.03. The van der Waals surface area contributed by atoms with Crippen LogP contribution in [-0.2, 0) is 11.5 Å². The van der Waals surface area contributed by atoms with Crippen molar-refractivity contribution in [3.63, 3.8) is 0 Å². The van der Waals surface area contributed by atoms with E-state index >= 15 is 0 Å². The van der Waals surface area contributed by atoms with E-state index in [2.05, 4.69) is 10.3 Å². The van der Waals surface area contributed by atoms with Gasteiger partial charge in [-0.1, -0.05) is 0 Å². The third-order valence-electron chi connectivity index (χ3n) is 3.46. The molecule has 6 heteroatoms. The van der Waals surface area contributed by atoms with Gasteiger partial charge >= 0.3 is 0 Å². The van der Waals surface area contributed by atoms with Gasteiger partial charge in [0.15, 0.2) is 17.3 Å². The van der Waals surface area contributed by atoms with Crippen LogP contribution in [0.1, 0.15) is 11.3 Å². The number of ether oxygens (including phenoxy) is 2. The van der Waals surface area contributed by atoms with Crippen molar-refractivity contribution in [2.45, 2.75) is 11.5 Å². The SMILES string of the molecule is CNc1nc(-c2ccc(OC)c(OC)c2)nc2c1CSC2. The number of aromatic nitrogens is 2. The molecule has 0 saturated carbocycles. The van der Waals surface area contributed by atoms with E-state index in [0.717, 1.165) is 28.6 Å². The van der Waals surface area contributed by atoms with E-state index in [4.69, 9.17) is 14.5 Å². The highest BCUT2D eigenvalue weighted by Crippen LogP contribution is 2.36. The van der Waals surface area contributed by atoms with Crippen LogP contribution >= 0.6 is 11.8 Å². The molecular formula is C15H17N3O2S. The number of nitrogens with one attached hydrogen (secondary N) is 1. The van der Waals surface area contributed by atoms with E-state index in [-0.39, 0.29) is 0 Å². The van der Waals surface area contributed by atoms with Crippen LogP contribution in [-0.4, -0.2) is 31.2 Å². The number of hydrogen-bond acceptors (Lipinski definition) is 6. The summed E-state index contributed by atoms with van der Waals surface area (Å²) >= 11 is 1.86. The van der Waals surface area contributed by atoms with Crippen LogP contribution in [0.25, 0.3) is 11.4 Å². The fourth-order valence-electron chi connectivity index (χ4n) is 2.36. The van der Waals surface area contributed by atoms with Crippen molar-refractivity contribution >= 4 is 17.6 Å². The minimum absolute atomic E-state index is 0.680. The molecule has 0 fully saturated rings. The third-order valence-corrected chi connectivity index (χ3v) is 4.43. The Morgan fingerprint density at radius 1 is 1.10 bits per heavy atom. The monoisotopic (exact) mass is 303 g/mol. The fourth-order valence-corrected chi connectivity index (χ4v) is 3.40. The van der Waals surface area contributed by atoms with Gasteiger partial charge in [0.25, 0.3) is 0 Å². The number of nitrogens with zero attached hydrogens (tertiary/aromatic N) is 2. The molecule has 0 unspecified atom stereocenters. The number of rotatable bonds is 4. The maximum absolute atomic E-state index is 5.35. The van der Waals surface area contributed by atoms with Gasteiger partial charge in [-0.05, 0) is 18.2 Å². The quantitative estimate of drug-likeness (QED) is 0.937. The van der Waals surface area contributed by atoms with Crippen LogP contribution in [0.4, 0.5) is 5.82 Å². The van der Waals surface area contributed by atoms with E-state index in [0.29, 0.717) is 17.3 Å². The first-order valence-corrected chi connectivity index (χ1v) is 7.80. The van der Waals surface area contributed by atoms with Crippen LogP contribution in [0.2, 0.25) is 0 Å². The van der Waals surface area contributed by atoms with Gasteiger partial charge in [-0.3, -0.25) is 0 Å². The van der Waals surface area contributed by atoms with Gasteiger partial charge in [-0.25, -0.2) is 9.97 Å². The molecule has 0 amide bonds. The Balaban J connectivity index is 2.08. The molecule has 1 aromatic carbocycles. The average Bonchev–Trinajstić information content (AvgIpc) is 3.01. The summed E-state index contributed by atoms with van der Waals surface area (Å²) in [6.45, 7) is 0. The van der Waals surface area contributed by atoms with E-state index in [1.165, 1.54) is 5.56 Å². The first-order valence-electron chi connectivity index (χ1n) is 6.64. The highest BCUT2D eigenvalue weighted by atomic mass is 32.2. The molecule has 1 N–H and O–H groups in total. The van der Waals surface area contributed by atoms with Gasteiger partial charge < -0.3 is 14.8 Å². The summed E-state index contributed by atoms with van der Waals surface area (Å²) in [6, 6.07) is 5.73. The molecule has 3 rings (SSSR count). The highest BCUT2D eigenvalue weighted by molar-refractivity contribution is 7.98. The van der Waals surface area contributed by atoms with E-state index < -0.39 is 0 Å². The van der Waals surface area contributed by atoms with Crippen molar-refractivity contribution in [2.75, 3.05) is 26.6 Å². The molecule has 1 aromatic heterocycles. The smallest absolute Gasteiger partial charge is 0.161 e. The van der Waals surface area contributed by atoms with Gasteiger partial charge in [0.05, 0.1) is 19.9 Å². The Bertz CT molecular complexity index is 676. The molecular weight excluding hydrogens is 286 g/mol. The van der Waals surface area contributed by atoms with Crippen LogP contribution in [0.3, 0.4) is 0 Å². The maximum atomic E-state index is 5.35. The molecule has 1 aliphatic heterocycles. The Hall–Kier alpha value is -1.95. The second kappa shape index (κ2) is 5.81. The lowest BCUT2D eigenvalue weighted by atomic mass is 10.1. The number of benzene rings is 1. The highest BCUT2D eigenvalue weighted by Gasteiger charge is 2.20. The molecule has 0 atom stereocenters. The zero-order valence-corrected chi connectivity index (χ0v) is 13.1. The molecule has 0 aliphatic carbocycles. The Labute approximate surface area is 128 Å². The van der Waals surface area contributed by atoms with Gasteiger partial charge in [-0.2, -0.15) is 11.8 Å². The Morgan fingerprint density at radius 2 is 1.90 bits per heavy atom. The molecule has 0 radical (unpaired) electrons. The molecule has 2 heterocycles. The molecule has 1 aliphatic rings. The second-order valence-electron chi connectivity index (χ2n) is 4.63. The topological polar surface area (TPSA) is 56.3 Å². The Morgan fingerprint density at radius 3 is 2.62 bits per heavy atom. The largest absolute Gasteiger partial charge is 0.493 e. The molecule has 21 heavy (non-hydrogen) atoms. The number of hydrogen-bond donors (Lipinski definition) is 1. The summed E-state index contributed by atoms with van der Waals surface area (Å²) in [7, 11) is 5.14. The predicted molar refractivity (Wildman–Crippen MR) is 85.1 cm³/mol. The van der Waals surface area contributed by atoms with Crippen molar-refractivity contribution in [3.05, 3.63) is 29.5 Å². The predicted octanol–water partition coefficient (Wildman–Crippen LogP) is 2.95. The average molecular weight is 303 g/mol. The van der Waals surface area contributed by atoms with Gasteiger partial charge in [-0.15, -0.1) is 0 Å². The molecule has 0 saturated heterocycles. The zero-order chi connectivity index (χ0) is 14.8. The van der Waals surface area contributed by atoms with Crippen LogP contribution in [0, 0.1) is 0 Å². The Kier molecular flexibility index (Phi) is 3.88. The van der Waals surface area contributed by atoms with Crippen molar-refractivity contribution in [1.82, 2.24) is 9.97 Å². The summed E-state index contributed by atoms with van der Waals surface area (Å²) in [5, 5.41) is 3.17. The number of methoxy groups -OCH3 is 2. The van der Waals surface area contributed by atoms with Crippen LogP contribution < -0.4 is 14.8 Å². The summed E-state index contributed by atoms with van der Waals surface area (Å²) in [4.78, 5) is 9.33. The zero-order valence-electron chi connectivity index (χ0n) is 12.3. The summed E-state index contributed by atoms with van der Waals surface area (Å²) in [5.74, 6) is 4.91. The van der Waals surface area contributed by atoms with Crippen LogP contribution in [0.5, 0.6) is 11.5 Å². The molecule has 0 spiro atoms. The standard InChI is InChI=1S/C15H17N3O2S/c1-16-15-10-7-21-8-11(10)17-14(18-15)9-4-5-12(19-2)13(6-9)20-3/h4-6H,7-8H2,1-3H3,(H,16,17,18). The van der Waals surface area contributed by atoms with E-state index in [9.17, 15) is 0 Å². The van der Waals surface area contributed by atoms with Gasteiger partial charge in [0, 0.05) is 29.7 Å². The molecule has 0 bridgehead atoms. The van der Waals surface area contributed by atoms with E-state index in [1.54, 1.807) is 14.2 Å². The minimum Gasteiger partial charge on any atom is -0.493 e. The number of anilines is 1. The summed E-state index contributed by atoms with van der Waals surface area (Å²) < 4.78 is 10.6. The molecule has 2 aromatic rings. The number of fused-ring (bicyclic) bond motifs is 1. The lowest BCUT2D eigenvalue weighted by Gasteiger charge is -2.11. The normalized spacial score (nSPS) is 12.9. The van der Waals surface area contributed by atoms with E-state index in [1.807, 2.05) is 37.0 Å². The fraction of sp³-hybridized carbons (Fsp3) is 0.333. The first-order chi connectivity index (χ1) is 10.3. The minimum atomic E-state index is 0.680. The lowest BCUT2D eigenvalue weighted by molar-refractivity contribution is 0.355. The van der Waals surface area contributed by atoms with Crippen molar-refractivity contribution in [1.29, 1.82) is 0 Å². The third kappa shape index (κ3) is 2.51. The first kappa shape index (κ1) is 14.0. The van der Waals surface area contributed by atoms with Crippen molar-refractivity contribution < 1.29 is 9.47 Å². The van der Waals surface area contributed by atoms with Gasteiger partial charge in [0.1, 0.15) is 5.82 Å².